The molecule has 0 spiro atoms. The molecular formula is C19H19ClN3O2+. The van der Waals surface area contributed by atoms with Crippen molar-refractivity contribution in [2.45, 2.75) is 13.0 Å². The molecular weight excluding hydrogens is 338 g/mol. The van der Waals surface area contributed by atoms with E-state index in [0.29, 0.717) is 22.3 Å². The lowest BCUT2D eigenvalue weighted by molar-refractivity contribution is -0.502. The predicted octanol–water partition coefficient (Wildman–Crippen LogP) is 1.35. The first-order valence-corrected chi connectivity index (χ1v) is 8.36. The van der Waals surface area contributed by atoms with Gasteiger partial charge in [-0.05, 0) is 24.6 Å². The zero-order valence-corrected chi connectivity index (χ0v) is 14.5. The SMILES string of the molecule is CCOC(=O)C1=C(c2ccccc2)NC(N)=[NH+][C@@H]1c1ccc(Cl)cc1. The van der Waals surface area contributed by atoms with Crippen molar-refractivity contribution in [3.05, 3.63) is 76.3 Å². The van der Waals surface area contributed by atoms with Crippen LogP contribution < -0.4 is 16.0 Å². The molecule has 0 saturated heterocycles. The van der Waals surface area contributed by atoms with Crippen LogP contribution in [0.5, 0.6) is 0 Å². The average molecular weight is 357 g/mol. The Balaban J connectivity index is 2.16. The lowest BCUT2D eigenvalue weighted by Gasteiger charge is -2.23. The van der Waals surface area contributed by atoms with Crippen LogP contribution in [0.2, 0.25) is 5.02 Å². The van der Waals surface area contributed by atoms with E-state index in [2.05, 4.69) is 10.3 Å². The number of rotatable bonds is 4. The molecule has 4 N–H and O–H groups in total. The molecule has 0 amide bonds. The highest BCUT2D eigenvalue weighted by Crippen LogP contribution is 2.28. The molecule has 1 aliphatic rings. The maximum absolute atomic E-state index is 12.7. The fraction of sp³-hybridized carbons (Fsp3) is 0.158. The Hall–Kier alpha value is -2.79. The number of nitrogens with one attached hydrogen (secondary N) is 2. The van der Waals surface area contributed by atoms with Gasteiger partial charge in [0.15, 0.2) is 0 Å². The van der Waals surface area contributed by atoms with Crippen molar-refractivity contribution in [1.29, 1.82) is 0 Å². The van der Waals surface area contributed by atoms with E-state index in [1.807, 2.05) is 42.5 Å². The number of esters is 1. The monoisotopic (exact) mass is 356 g/mol. The third kappa shape index (κ3) is 3.67. The van der Waals surface area contributed by atoms with Crippen molar-refractivity contribution in [2.24, 2.45) is 5.73 Å². The molecule has 1 aliphatic heterocycles. The van der Waals surface area contributed by atoms with Gasteiger partial charge in [-0.3, -0.25) is 10.7 Å². The third-order valence-electron chi connectivity index (χ3n) is 3.88. The van der Waals surface area contributed by atoms with Gasteiger partial charge in [0.05, 0.1) is 6.61 Å². The number of hydrogen-bond acceptors (Lipinski definition) is 4. The summed E-state index contributed by atoms with van der Waals surface area (Å²) in [5.41, 5.74) is 8.87. The van der Waals surface area contributed by atoms with Gasteiger partial charge < -0.3 is 4.74 Å². The van der Waals surface area contributed by atoms with Crippen molar-refractivity contribution < 1.29 is 14.5 Å². The van der Waals surface area contributed by atoms with Crippen molar-refractivity contribution in [3.63, 3.8) is 0 Å². The summed E-state index contributed by atoms with van der Waals surface area (Å²) in [6.45, 7) is 2.07. The molecule has 0 saturated carbocycles. The summed E-state index contributed by atoms with van der Waals surface area (Å²) >= 11 is 5.99. The van der Waals surface area contributed by atoms with Gasteiger partial charge in [0.1, 0.15) is 17.3 Å². The highest BCUT2D eigenvalue weighted by molar-refractivity contribution is 6.30. The minimum atomic E-state index is -0.437. The van der Waals surface area contributed by atoms with E-state index >= 15 is 0 Å². The second-order valence-corrected chi connectivity index (χ2v) is 5.98. The minimum Gasteiger partial charge on any atom is -0.462 e. The summed E-state index contributed by atoms with van der Waals surface area (Å²) in [6.07, 6.45) is 0. The summed E-state index contributed by atoms with van der Waals surface area (Å²) in [6, 6.07) is 16.4. The van der Waals surface area contributed by atoms with Gasteiger partial charge >= 0.3 is 11.9 Å². The highest BCUT2D eigenvalue weighted by atomic mass is 35.5. The van der Waals surface area contributed by atoms with E-state index in [1.54, 1.807) is 19.1 Å². The molecule has 2 aromatic rings. The van der Waals surface area contributed by atoms with Crippen LogP contribution in [0, 0.1) is 0 Å². The van der Waals surface area contributed by atoms with E-state index in [-0.39, 0.29) is 6.61 Å². The lowest BCUT2D eigenvalue weighted by Crippen LogP contribution is -2.82. The molecule has 128 valence electrons. The van der Waals surface area contributed by atoms with E-state index < -0.39 is 12.0 Å². The zero-order chi connectivity index (χ0) is 17.8. The maximum atomic E-state index is 12.7. The Morgan fingerprint density at radius 1 is 1.20 bits per heavy atom. The molecule has 6 heteroatoms. The number of guanidine groups is 1. The van der Waals surface area contributed by atoms with Crippen LogP contribution in [-0.4, -0.2) is 18.5 Å². The fourth-order valence-electron chi connectivity index (χ4n) is 2.78. The smallest absolute Gasteiger partial charge is 0.346 e. The molecule has 0 fully saturated rings. The predicted molar refractivity (Wildman–Crippen MR) is 97.5 cm³/mol. The quantitative estimate of drug-likeness (QED) is 0.723. The van der Waals surface area contributed by atoms with Crippen molar-refractivity contribution in [3.8, 4) is 0 Å². The van der Waals surface area contributed by atoms with Crippen LogP contribution in [0.25, 0.3) is 5.70 Å². The van der Waals surface area contributed by atoms with E-state index in [9.17, 15) is 4.79 Å². The second kappa shape index (κ2) is 7.40. The Kier molecular flexibility index (Phi) is 5.05. The van der Waals surface area contributed by atoms with Gasteiger partial charge in [-0.25, -0.2) is 10.1 Å². The topological polar surface area (TPSA) is 78.3 Å². The van der Waals surface area contributed by atoms with Crippen LogP contribution in [-0.2, 0) is 9.53 Å². The van der Waals surface area contributed by atoms with Crippen LogP contribution in [0.15, 0.2) is 60.2 Å². The molecule has 0 bridgehead atoms. The Morgan fingerprint density at radius 3 is 2.52 bits per heavy atom. The number of carbonyl (C=O) groups excluding carboxylic acids is 1. The molecule has 25 heavy (non-hydrogen) atoms. The Labute approximate surface area is 151 Å². The number of carbonyl (C=O) groups is 1. The van der Waals surface area contributed by atoms with Gasteiger partial charge in [-0.1, -0.05) is 54.1 Å². The zero-order valence-electron chi connectivity index (χ0n) is 13.8. The van der Waals surface area contributed by atoms with Crippen molar-refractivity contribution in [2.75, 3.05) is 6.61 Å². The minimum absolute atomic E-state index is 0.289. The van der Waals surface area contributed by atoms with Gasteiger partial charge in [-0.2, -0.15) is 0 Å². The summed E-state index contributed by atoms with van der Waals surface area (Å²) in [7, 11) is 0. The van der Waals surface area contributed by atoms with Gasteiger partial charge in [-0.15, -0.1) is 0 Å². The van der Waals surface area contributed by atoms with Crippen LogP contribution in [0.4, 0.5) is 0 Å². The van der Waals surface area contributed by atoms with Gasteiger partial charge in [0.25, 0.3) is 0 Å². The highest BCUT2D eigenvalue weighted by Gasteiger charge is 2.34. The van der Waals surface area contributed by atoms with Crippen molar-refractivity contribution >= 4 is 29.2 Å². The summed E-state index contributed by atoms with van der Waals surface area (Å²) in [5, 5.41) is 3.69. The molecule has 1 atom stereocenters. The molecule has 1 heterocycles. The number of benzene rings is 2. The number of ether oxygens (including phenoxy) is 1. The molecule has 3 rings (SSSR count). The molecule has 0 aromatic heterocycles. The summed E-state index contributed by atoms with van der Waals surface area (Å²) < 4.78 is 5.29. The number of halogens is 1. The first-order chi connectivity index (χ1) is 12.1. The van der Waals surface area contributed by atoms with Crippen LogP contribution >= 0.6 is 11.6 Å². The van der Waals surface area contributed by atoms with E-state index in [1.165, 1.54) is 0 Å². The van der Waals surface area contributed by atoms with Crippen LogP contribution in [0.1, 0.15) is 24.1 Å². The molecule has 0 unspecified atom stereocenters. The standard InChI is InChI=1S/C19H18ClN3O2/c1-2-25-18(24)15-16(12-6-4-3-5-7-12)22-19(21)23-17(15)13-8-10-14(20)11-9-13/h3-11,17H,2H2,1H3,(H3,21,22,23)/p+1/t17-/m1/s1. The molecule has 2 aromatic carbocycles. The fourth-order valence-corrected chi connectivity index (χ4v) is 2.90. The normalized spacial score (nSPS) is 16.9. The molecule has 5 nitrogen and oxygen atoms in total. The largest absolute Gasteiger partial charge is 0.462 e. The Morgan fingerprint density at radius 2 is 1.88 bits per heavy atom. The first kappa shape index (κ1) is 17.0. The van der Waals surface area contributed by atoms with Gasteiger partial charge in [0.2, 0.25) is 0 Å². The first-order valence-electron chi connectivity index (χ1n) is 7.98. The van der Waals surface area contributed by atoms with E-state index in [4.69, 9.17) is 22.1 Å². The van der Waals surface area contributed by atoms with E-state index in [0.717, 1.165) is 11.1 Å². The average Bonchev–Trinajstić information content (AvgIpc) is 2.62. The van der Waals surface area contributed by atoms with Crippen LogP contribution in [0.3, 0.4) is 0 Å². The lowest BCUT2D eigenvalue weighted by atomic mass is 9.93. The Bertz CT molecular complexity index is 830. The molecule has 0 aliphatic carbocycles. The number of hydrogen-bond donors (Lipinski definition) is 3. The third-order valence-corrected chi connectivity index (χ3v) is 4.13. The second-order valence-electron chi connectivity index (χ2n) is 5.54. The maximum Gasteiger partial charge on any atom is 0.346 e. The summed E-state index contributed by atoms with van der Waals surface area (Å²) in [5.74, 6) is -0.0272. The van der Waals surface area contributed by atoms with Gasteiger partial charge in [0, 0.05) is 10.6 Å². The summed E-state index contributed by atoms with van der Waals surface area (Å²) in [4.78, 5) is 15.8. The number of nitrogens with two attached hydrogens (primary N) is 1. The van der Waals surface area contributed by atoms with Crippen molar-refractivity contribution in [1.82, 2.24) is 5.32 Å². The molecule has 0 radical (unpaired) electrons.